The van der Waals surface area contributed by atoms with E-state index in [1.54, 1.807) is 0 Å². The van der Waals surface area contributed by atoms with Crippen LogP contribution in [0.2, 0.25) is 0 Å². The van der Waals surface area contributed by atoms with Gasteiger partial charge in [-0.1, -0.05) is 30.3 Å². The summed E-state index contributed by atoms with van der Waals surface area (Å²) in [6.07, 6.45) is 7.11. The van der Waals surface area contributed by atoms with Crippen molar-refractivity contribution in [1.82, 2.24) is 10.3 Å². The molecule has 0 radical (unpaired) electrons. The Morgan fingerprint density at radius 2 is 2.06 bits per heavy atom. The van der Waals surface area contributed by atoms with Crippen LogP contribution >= 0.6 is 0 Å². The summed E-state index contributed by atoms with van der Waals surface area (Å²) in [5.41, 5.74) is 2.46. The largest absolute Gasteiger partial charge is 0.316 e. The highest BCUT2D eigenvalue weighted by Crippen LogP contribution is 2.15. The number of aromatic nitrogens is 1. The first kappa shape index (κ1) is 12.8. The predicted molar refractivity (Wildman–Crippen MR) is 77.7 cm³/mol. The number of hydrogen-bond acceptors (Lipinski definition) is 2. The van der Waals surface area contributed by atoms with E-state index >= 15 is 0 Å². The summed E-state index contributed by atoms with van der Waals surface area (Å²) in [4.78, 5) is 4.47. The first-order chi connectivity index (χ1) is 8.92. The molecule has 1 N–H and O–H groups in total. The molecule has 2 heteroatoms. The van der Waals surface area contributed by atoms with Crippen molar-refractivity contribution in [2.75, 3.05) is 13.1 Å². The van der Waals surface area contributed by atoms with Gasteiger partial charge in [0, 0.05) is 11.6 Å². The number of pyridine rings is 1. The molecule has 1 aromatic heterocycles. The van der Waals surface area contributed by atoms with E-state index in [0.717, 1.165) is 37.9 Å². The van der Waals surface area contributed by atoms with Crippen LogP contribution < -0.4 is 5.32 Å². The van der Waals surface area contributed by atoms with E-state index in [0.29, 0.717) is 0 Å². The van der Waals surface area contributed by atoms with Crippen LogP contribution in [-0.4, -0.2) is 18.1 Å². The first-order valence-corrected chi connectivity index (χ1v) is 6.56. The van der Waals surface area contributed by atoms with Crippen molar-refractivity contribution < 1.29 is 0 Å². The van der Waals surface area contributed by atoms with Gasteiger partial charge in [-0.15, -0.1) is 6.58 Å². The minimum atomic E-state index is 1.01. The van der Waals surface area contributed by atoms with Crippen molar-refractivity contribution in [3.63, 3.8) is 0 Å². The third-order valence-corrected chi connectivity index (χ3v) is 3.05. The van der Waals surface area contributed by atoms with Crippen LogP contribution in [-0.2, 0) is 6.42 Å². The van der Waals surface area contributed by atoms with Crippen LogP contribution in [0.15, 0.2) is 49.2 Å². The summed E-state index contributed by atoms with van der Waals surface area (Å²) in [5.74, 6) is 0. The summed E-state index contributed by atoms with van der Waals surface area (Å²) in [6, 6.07) is 10.5. The molecule has 0 aliphatic rings. The second-order valence-corrected chi connectivity index (χ2v) is 4.42. The maximum Gasteiger partial charge on any atom is 0.0734 e. The van der Waals surface area contributed by atoms with E-state index in [1.165, 1.54) is 10.9 Å². The Bertz CT molecular complexity index is 500. The Hall–Kier alpha value is -1.67. The van der Waals surface area contributed by atoms with E-state index in [-0.39, 0.29) is 0 Å². The maximum atomic E-state index is 4.47. The number of nitrogens with zero attached hydrogens (tertiary/aromatic N) is 1. The number of benzene rings is 1. The van der Waals surface area contributed by atoms with E-state index in [1.807, 2.05) is 18.3 Å². The quantitative estimate of drug-likeness (QED) is 0.593. The molecule has 94 valence electrons. The van der Waals surface area contributed by atoms with Gasteiger partial charge in [-0.2, -0.15) is 0 Å². The van der Waals surface area contributed by atoms with E-state index in [9.17, 15) is 0 Å². The second kappa shape index (κ2) is 6.92. The number of hydrogen-bond donors (Lipinski definition) is 1. The fraction of sp³-hybridized carbons (Fsp3) is 0.312. The fourth-order valence-corrected chi connectivity index (χ4v) is 2.09. The minimum Gasteiger partial charge on any atom is -0.316 e. The summed E-state index contributed by atoms with van der Waals surface area (Å²) >= 11 is 0. The summed E-state index contributed by atoms with van der Waals surface area (Å²) in [5, 5.41) is 4.68. The molecule has 0 saturated carbocycles. The Balaban J connectivity index is 1.89. The molecule has 0 saturated heterocycles. The number of allylic oxidation sites excluding steroid dienone is 1. The smallest absolute Gasteiger partial charge is 0.0734 e. The minimum absolute atomic E-state index is 1.01. The fourth-order valence-electron chi connectivity index (χ4n) is 2.09. The third-order valence-electron chi connectivity index (χ3n) is 3.05. The van der Waals surface area contributed by atoms with Gasteiger partial charge in [-0.3, -0.25) is 4.98 Å². The lowest BCUT2D eigenvalue weighted by Crippen LogP contribution is -2.18. The topological polar surface area (TPSA) is 24.9 Å². The standard InChI is InChI=1S/C16H20N2/c1-2-3-4-11-17-13-10-15-8-5-7-14-9-6-12-18-16(14)15/h2,5-9,12,17H,1,3-4,10-11,13H2. The van der Waals surface area contributed by atoms with Crippen LogP contribution in [0, 0.1) is 0 Å². The molecule has 0 fully saturated rings. The van der Waals surface area contributed by atoms with Crippen LogP contribution in [0.1, 0.15) is 18.4 Å². The molecule has 1 aromatic carbocycles. The molecule has 2 rings (SSSR count). The SMILES string of the molecule is C=CCCCNCCc1cccc2cccnc12. The van der Waals surface area contributed by atoms with Gasteiger partial charge in [-0.25, -0.2) is 0 Å². The number of para-hydroxylation sites is 1. The lowest BCUT2D eigenvalue weighted by atomic mass is 10.1. The van der Waals surface area contributed by atoms with Crippen molar-refractivity contribution in [2.45, 2.75) is 19.3 Å². The van der Waals surface area contributed by atoms with Crippen molar-refractivity contribution in [2.24, 2.45) is 0 Å². The zero-order chi connectivity index (χ0) is 12.6. The molecule has 0 aliphatic carbocycles. The van der Waals surface area contributed by atoms with Gasteiger partial charge >= 0.3 is 0 Å². The predicted octanol–water partition coefficient (Wildman–Crippen LogP) is 3.33. The molecule has 18 heavy (non-hydrogen) atoms. The van der Waals surface area contributed by atoms with Crippen molar-refractivity contribution in [3.8, 4) is 0 Å². The average molecular weight is 240 g/mol. The van der Waals surface area contributed by atoms with Gasteiger partial charge in [0.15, 0.2) is 0 Å². The van der Waals surface area contributed by atoms with Gasteiger partial charge < -0.3 is 5.32 Å². The van der Waals surface area contributed by atoms with Crippen molar-refractivity contribution >= 4 is 10.9 Å². The van der Waals surface area contributed by atoms with Gasteiger partial charge in [0.2, 0.25) is 0 Å². The van der Waals surface area contributed by atoms with Crippen molar-refractivity contribution in [1.29, 1.82) is 0 Å². The number of nitrogens with one attached hydrogen (secondary N) is 1. The van der Waals surface area contributed by atoms with E-state index in [2.05, 4.69) is 41.1 Å². The van der Waals surface area contributed by atoms with Gasteiger partial charge in [0.25, 0.3) is 0 Å². The van der Waals surface area contributed by atoms with Crippen LogP contribution in [0.4, 0.5) is 0 Å². The van der Waals surface area contributed by atoms with Crippen LogP contribution in [0.5, 0.6) is 0 Å². The molecule has 0 atom stereocenters. The van der Waals surface area contributed by atoms with Crippen molar-refractivity contribution in [3.05, 3.63) is 54.7 Å². The summed E-state index contributed by atoms with van der Waals surface area (Å²) < 4.78 is 0. The molecule has 0 unspecified atom stereocenters. The zero-order valence-electron chi connectivity index (χ0n) is 10.7. The van der Waals surface area contributed by atoms with E-state index in [4.69, 9.17) is 0 Å². The zero-order valence-corrected chi connectivity index (χ0v) is 10.7. The monoisotopic (exact) mass is 240 g/mol. The molecular formula is C16H20N2. The van der Waals surface area contributed by atoms with Gasteiger partial charge in [-0.05, 0) is 44.0 Å². The number of rotatable bonds is 7. The Morgan fingerprint density at radius 3 is 2.94 bits per heavy atom. The Labute approximate surface area is 109 Å². The lowest BCUT2D eigenvalue weighted by Gasteiger charge is -2.06. The Kier molecular flexibility index (Phi) is 4.91. The highest BCUT2D eigenvalue weighted by molar-refractivity contribution is 5.81. The highest BCUT2D eigenvalue weighted by Gasteiger charge is 2.00. The molecule has 0 spiro atoms. The van der Waals surface area contributed by atoms with Crippen LogP contribution in [0.25, 0.3) is 10.9 Å². The molecule has 2 aromatic rings. The van der Waals surface area contributed by atoms with E-state index < -0.39 is 0 Å². The normalized spacial score (nSPS) is 10.7. The number of unbranched alkanes of at least 4 members (excludes halogenated alkanes) is 1. The molecule has 0 amide bonds. The summed E-state index contributed by atoms with van der Waals surface area (Å²) in [7, 11) is 0. The maximum absolute atomic E-state index is 4.47. The molecule has 2 nitrogen and oxygen atoms in total. The summed E-state index contributed by atoms with van der Waals surface area (Å²) in [6.45, 7) is 5.79. The molecule has 0 aliphatic heterocycles. The molecule has 0 bridgehead atoms. The second-order valence-electron chi connectivity index (χ2n) is 4.42. The van der Waals surface area contributed by atoms with Crippen LogP contribution in [0.3, 0.4) is 0 Å². The third kappa shape index (κ3) is 3.41. The molecule has 1 heterocycles. The van der Waals surface area contributed by atoms with Gasteiger partial charge in [0.05, 0.1) is 5.52 Å². The average Bonchev–Trinajstić information content (AvgIpc) is 2.43. The first-order valence-electron chi connectivity index (χ1n) is 6.56. The molecular weight excluding hydrogens is 220 g/mol. The Morgan fingerprint density at radius 1 is 1.17 bits per heavy atom. The number of fused-ring (bicyclic) bond motifs is 1. The lowest BCUT2D eigenvalue weighted by molar-refractivity contribution is 0.654. The highest BCUT2D eigenvalue weighted by atomic mass is 14.8. The van der Waals surface area contributed by atoms with Gasteiger partial charge in [0.1, 0.15) is 0 Å².